The van der Waals surface area contributed by atoms with Crippen molar-refractivity contribution in [3.05, 3.63) is 261 Å². The molecule has 7 nitrogen and oxygen atoms in total. The second-order valence-electron chi connectivity index (χ2n) is 19.2. The van der Waals surface area contributed by atoms with Gasteiger partial charge in [0.05, 0.1) is 27.8 Å². The first-order valence-corrected chi connectivity index (χ1v) is 27.3. The smallest absolute Gasteiger partial charge is 0.238 e. The molecule has 8 heteroatoms. The maximum absolute atomic E-state index is 5.67. The molecule has 0 atom stereocenters. The molecule has 4 aromatic heterocycles. The van der Waals surface area contributed by atoms with E-state index in [1.807, 2.05) is 60.7 Å². The molecular formula is C67H43N7Si. The fourth-order valence-electron chi connectivity index (χ4n) is 11.9. The number of hydrogen-bond donors (Lipinski definition) is 0. The van der Waals surface area contributed by atoms with E-state index in [0.717, 1.165) is 77.4 Å². The van der Waals surface area contributed by atoms with Crippen LogP contribution in [0.2, 0.25) is 0 Å². The highest BCUT2D eigenvalue weighted by Gasteiger charge is 2.48. The molecular weight excluding hydrogens is 931 g/mol. The van der Waals surface area contributed by atoms with Crippen LogP contribution in [0.4, 0.5) is 0 Å². The highest BCUT2D eigenvalue weighted by Crippen LogP contribution is 2.43. The number of rotatable bonds is 8. The summed E-state index contributed by atoms with van der Waals surface area (Å²) in [6, 6.07) is 92.9. The molecule has 75 heavy (non-hydrogen) atoms. The first-order chi connectivity index (χ1) is 37.2. The number of fused-ring (bicyclic) bond motifs is 10. The van der Waals surface area contributed by atoms with Crippen molar-refractivity contribution in [3.63, 3.8) is 0 Å². The van der Waals surface area contributed by atoms with Crippen LogP contribution in [0.25, 0.3) is 112 Å². The summed E-state index contributed by atoms with van der Waals surface area (Å²) in [4.78, 5) is 26.7. The molecule has 14 aromatic rings. The molecule has 0 fully saturated rings. The third kappa shape index (κ3) is 6.63. The van der Waals surface area contributed by atoms with E-state index in [1.165, 1.54) is 31.9 Å². The lowest BCUT2D eigenvalue weighted by atomic mass is 10.0. The van der Waals surface area contributed by atoms with Crippen molar-refractivity contribution in [1.82, 2.24) is 34.1 Å². The zero-order valence-corrected chi connectivity index (χ0v) is 41.5. The zero-order valence-electron chi connectivity index (χ0n) is 40.5. The van der Waals surface area contributed by atoms with Crippen molar-refractivity contribution in [3.8, 4) is 68.3 Å². The van der Waals surface area contributed by atoms with E-state index in [9.17, 15) is 0 Å². The molecule has 1 aliphatic heterocycles. The van der Waals surface area contributed by atoms with Crippen LogP contribution in [0.5, 0.6) is 0 Å². The Hall–Kier alpha value is -9.89. The van der Waals surface area contributed by atoms with E-state index in [-0.39, 0.29) is 0 Å². The van der Waals surface area contributed by atoms with Gasteiger partial charge >= 0.3 is 0 Å². The van der Waals surface area contributed by atoms with Crippen molar-refractivity contribution >= 4 is 72.4 Å². The molecule has 15 rings (SSSR count). The van der Waals surface area contributed by atoms with E-state index >= 15 is 0 Å². The van der Waals surface area contributed by atoms with Gasteiger partial charge in [0.2, 0.25) is 5.95 Å². The van der Waals surface area contributed by atoms with Crippen LogP contribution >= 0.6 is 0 Å². The Labute approximate surface area is 433 Å². The number of benzene rings is 10. The molecule has 0 saturated heterocycles. The lowest BCUT2D eigenvalue weighted by molar-refractivity contribution is 0.953. The van der Waals surface area contributed by atoms with Gasteiger partial charge in [-0.15, -0.1) is 0 Å². The molecule has 1 aliphatic rings. The normalized spacial score (nSPS) is 12.6. The van der Waals surface area contributed by atoms with Gasteiger partial charge < -0.3 is 0 Å². The summed E-state index contributed by atoms with van der Waals surface area (Å²) in [6.07, 6.45) is 0. The highest BCUT2D eigenvalue weighted by molar-refractivity contribution is 7.22. The molecule has 0 radical (unpaired) electrons. The average molecular weight is 974 g/mol. The topological polar surface area (TPSA) is 74.3 Å². The Morgan fingerprint density at radius 1 is 0.307 bits per heavy atom. The maximum Gasteiger partial charge on any atom is 0.238 e. The van der Waals surface area contributed by atoms with Gasteiger partial charge in [0, 0.05) is 49.9 Å². The van der Waals surface area contributed by atoms with Gasteiger partial charge in [-0.25, -0.2) is 15.0 Å². The van der Waals surface area contributed by atoms with Crippen LogP contribution in [0.15, 0.2) is 261 Å². The quantitative estimate of drug-likeness (QED) is 0.142. The van der Waals surface area contributed by atoms with Crippen molar-refractivity contribution < 1.29 is 0 Å². The molecule has 0 bridgehead atoms. The SMILES string of the molecule is c1ccc(-c2cc(-n3c4ccccc4c4ccc5c(c6ccccc6n5-c5nc(-c6ccccc6)nc(-c6ccccc6)n5)c43)nc(-c3ccc4c(c3)-c3ccccc3[Si]4(c3ccccc3)c3ccccc3)n2)cc1. The van der Waals surface area contributed by atoms with Gasteiger partial charge in [0.15, 0.2) is 25.5 Å². The molecule has 0 N–H and O–H groups in total. The zero-order chi connectivity index (χ0) is 49.5. The second-order valence-corrected chi connectivity index (χ2v) is 22.9. The fourth-order valence-corrected chi connectivity index (χ4v) is 17.0. The minimum atomic E-state index is -2.70. The largest absolute Gasteiger partial charge is 0.293 e. The summed E-state index contributed by atoms with van der Waals surface area (Å²) >= 11 is 0. The Bertz CT molecular complexity index is 4420. The minimum absolute atomic E-state index is 0.538. The maximum atomic E-state index is 5.67. The fraction of sp³-hybridized carbons (Fsp3) is 0. The van der Waals surface area contributed by atoms with Gasteiger partial charge in [-0.3, -0.25) is 9.13 Å². The minimum Gasteiger partial charge on any atom is -0.293 e. The van der Waals surface area contributed by atoms with Gasteiger partial charge in [-0.1, -0.05) is 231 Å². The van der Waals surface area contributed by atoms with Gasteiger partial charge in [0.1, 0.15) is 5.82 Å². The van der Waals surface area contributed by atoms with Crippen molar-refractivity contribution in [1.29, 1.82) is 0 Å². The van der Waals surface area contributed by atoms with E-state index in [1.54, 1.807) is 0 Å². The summed E-state index contributed by atoms with van der Waals surface area (Å²) in [6.45, 7) is 0. The summed E-state index contributed by atoms with van der Waals surface area (Å²) in [7, 11) is -2.70. The number of nitrogens with zero attached hydrogens (tertiary/aromatic N) is 7. The summed E-state index contributed by atoms with van der Waals surface area (Å²) in [5.41, 5.74) is 11.2. The molecule has 5 heterocycles. The first kappa shape index (κ1) is 42.8. The third-order valence-electron chi connectivity index (χ3n) is 15.1. The van der Waals surface area contributed by atoms with E-state index < -0.39 is 8.07 Å². The Balaban J connectivity index is 0.994. The number of para-hydroxylation sites is 2. The molecule has 0 amide bonds. The standard InChI is InChI=1S/C67H43N7Si/c1-6-22-44(23-7-1)55-43-61(69-66(68-55)47-38-41-60-54(42-47)51-33-18-21-37-59(51)75(60,48-28-12-4-13-29-48)49-30-14-5-15-31-49)74-56-35-19-16-32-50(56)52-39-40-58-62(63(52)74)53-34-17-20-36-57(53)73(58)67-71-64(45-24-8-2-9-25-45)70-65(72-67)46-26-10-3-11-27-46/h1-43H. The average Bonchev–Trinajstić information content (AvgIpc) is 4.23. The van der Waals surface area contributed by atoms with Crippen LogP contribution in [0.3, 0.4) is 0 Å². The predicted octanol–water partition coefficient (Wildman–Crippen LogP) is 12.9. The molecule has 0 unspecified atom stereocenters. The molecule has 0 saturated carbocycles. The van der Waals surface area contributed by atoms with E-state index in [4.69, 9.17) is 24.9 Å². The van der Waals surface area contributed by atoms with Gasteiger partial charge in [0.25, 0.3) is 0 Å². The van der Waals surface area contributed by atoms with Gasteiger partial charge in [-0.05, 0) is 56.1 Å². The van der Waals surface area contributed by atoms with Crippen LogP contribution in [0, 0.1) is 0 Å². The number of aromatic nitrogens is 7. The Morgan fingerprint density at radius 3 is 1.48 bits per heavy atom. The van der Waals surface area contributed by atoms with Crippen LogP contribution in [-0.2, 0) is 0 Å². The molecule has 10 aromatic carbocycles. The molecule has 0 aliphatic carbocycles. The lowest BCUT2D eigenvalue weighted by Gasteiger charge is -2.31. The van der Waals surface area contributed by atoms with Crippen molar-refractivity contribution in [2.45, 2.75) is 0 Å². The Morgan fingerprint density at radius 2 is 0.827 bits per heavy atom. The van der Waals surface area contributed by atoms with Crippen molar-refractivity contribution in [2.24, 2.45) is 0 Å². The van der Waals surface area contributed by atoms with Crippen LogP contribution in [-0.4, -0.2) is 42.1 Å². The van der Waals surface area contributed by atoms with Crippen LogP contribution in [0.1, 0.15) is 0 Å². The Kier molecular flexibility index (Phi) is 9.76. The molecule has 0 spiro atoms. The third-order valence-corrected chi connectivity index (χ3v) is 20.0. The summed E-state index contributed by atoms with van der Waals surface area (Å²) in [5.74, 6) is 3.16. The summed E-state index contributed by atoms with van der Waals surface area (Å²) < 4.78 is 4.55. The van der Waals surface area contributed by atoms with E-state index in [0.29, 0.717) is 23.4 Å². The predicted molar refractivity (Wildman–Crippen MR) is 308 cm³/mol. The van der Waals surface area contributed by atoms with E-state index in [2.05, 4.69) is 209 Å². The number of hydrogen-bond acceptors (Lipinski definition) is 5. The first-order valence-electron chi connectivity index (χ1n) is 25.3. The van der Waals surface area contributed by atoms with Crippen LogP contribution < -0.4 is 20.7 Å². The second kappa shape index (κ2) is 17.1. The monoisotopic (exact) mass is 973 g/mol. The lowest BCUT2D eigenvalue weighted by Crippen LogP contribution is -2.72. The van der Waals surface area contributed by atoms with Gasteiger partial charge in [-0.2, -0.15) is 9.97 Å². The highest BCUT2D eigenvalue weighted by atomic mass is 28.3. The van der Waals surface area contributed by atoms with Crippen molar-refractivity contribution in [2.75, 3.05) is 0 Å². The summed E-state index contributed by atoms with van der Waals surface area (Å²) in [5, 5.41) is 9.88. The molecule has 350 valence electrons.